The monoisotopic (exact) mass is 501 g/mol. The minimum atomic E-state index is 0.271. The van der Waals surface area contributed by atoms with E-state index in [1.807, 2.05) is 72.8 Å². The van der Waals surface area contributed by atoms with Gasteiger partial charge >= 0.3 is 0 Å². The fourth-order valence-electron chi connectivity index (χ4n) is 4.94. The second-order valence-corrected chi connectivity index (χ2v) is 9.76. The molecule has 0 amide bonds. The van der Waals surface area contributed by atoms with Crippen LogP contribution < -0.4 is 14.2 Å². The number of hydrogen-bond donors (Lipinski definition) is 0. The highest BCUT2D eigenvalue weighted by molar-refractivity contribution is 5.88. The fourth-order valence-corrected chi connectivity index (χ4v) is 4.94. The van der Waals surface area contributed by atoms with Gasteiger partial charge in [0.05, 0.1) is 17.3 Å². The predicted molar refractivity (Wildman–Crippen MR) is 152 cm³/mol. The van der Waals surface area contributed by atoms with Crippen molar-refractivity contribution in [3.63, 3.8) is 0 Å². The first-order chi connectivity index (χ1) is 18.8. The molecule has 1 aromatic heterocycles. The van der Waals surface area contributed by atoms with Gasteiger partial charge in [0.1, 0.15) is 19.0 Å². The first-order valence-corrected chi connectivity index (χ1v) is 13.4. The Labute approximate surface area is 223 Å². The van der Waals surface area contributed by atoms with Gasteiger partial charge in [-0.1, -0.05) is 72.8 Å². The maximum atomic E-state index is 6.50. The van der Waals surface area contributed by atoms with Gasteiger partial charge in [0.25, 0.3) is 0 Å². The molecule has 0 aliphatic heterocycles. The van der Waals surface area contributed by atoms with Crippen LogP contribution in [0.3, 0.4) is 0 Å². The number of fused-ring (bicyclic) bond motifs is 1. The summed E-state index contributed by atoms with van der Waals surface area (Å²) in [5.74, 6) is 2.29. The smallest absolute Gasteiger partial charge is 0.162 e. The van der Waals surface area contributed by atoms with Gasteiger partial charge in [-0.25, -0.2) is 4.98 Å². The van der Waals surface area contributed by atoms with E-state index in [1.165, 1.54) is 12.8 Å². The van der Waals surface area contributed by atoms with Gasteiger partial charge in [0.15, 0.2) is 11.5 Å². The Hall–Kier alpha value is -4.31. The van der Waals surface area contributed by atoms with Gasteiger partial charge in [-0.05, 0) is 67.1 Å². The van der Waals surface area contributed by atoms with Crippen molar-refractivity contribution in [1.29, 1.82) is 0 Å². The lowest BCUT2D eigenvalue weighted by molar-refractivity contribution is 0.213. The maximum absolute atomic E-state index is 6.50. The molecule has 0 bridgehead atoms. The zero-order valence-electron chi connectivity index (χ0n) is 21.4. The Morgan fingerprint density at radius 3 is 1.95 bits per heavy atom. The molecule has 6 rings (SSSR count). The van der Waals surface area contributed by atoms with Crippen LogP contribution in [0.4, 0.5) is 0 Å². The largest absolute Gasteiger partial charge is 0.490 e. The molecule has 0 radical (unpaired) electrons. The maximum Gasteiger partial charge on any atom is 0.162 e. The average Bonchev–Trinajstić information content (AvgIpc) is 3.49. The van der Waals surface area contributed by atoms with Crippen molar-refractivity contribution in [2.75, 3.05) is 0 Å². The van der Waals surface area contributed by atoms with Crippen LogP contribution in [0.25, 0.3) is 22.2 Å². The lowest BCUT2D eigenvalue weighted by atomic mass is 10.1. The number of pyridine rings is 1. The van der Waals surface area contributed by atoms with Gasteiger partial charge < -0.3 is 14.2 Å². The number of ether oxygens (including phenoxy) is 3. The summed E-state index contributed by atoms with van der Waals surface area (Å²) in [7, 11) is 0. The molecular weight excluding hydrogens is 470 g/mol. The fraction of sp³-hybridized carbons (Fsp3) is 0.206. The second-order valence-electron chi connectivity index (χ2n) is 9.76. The van der Waals surface area contributed by atoms with Crippen LogP contribution in [0.5, 0.6) is 17.2 Å². The molecule has 190 valence electrons. The molecule has 1 saturated carbocycles. The van der Waals surface area contributed by atoms with Crippen LogP contribution >= 0.6 is 0 Å². The molecule has 0 unspecified atom stereocenters. The Morgan fingerprint density at radius 1 is 0.605 bits per heavy atom. The van der Waals surface area contributed by atoms with E-state index in [-0.39, 0.29) is 6.10 Å². The molecule has 0 N–H and O–H groups in total. The highest BCUT2D eigenvalue weighted by atomic mass is 16.5. The number of para-hydroxylation sites is 1. The third-order valence-corrected chi connectivity index (χ3v) is 6.99. The minimum Gasteiger partial charge on any atom is -0.490 e. The van der Waals surface area contributed by atoms with Gasteiger partial charge in [-0.15, -0.1) is 0 Å². The van der Waals surface area contributed by atoms with E-state index in [4.69, 9.17) is 19.2 Å². The van der Waals surface area contributed by atoms with Crippen LogP contribution in [0, 0.1) is 0 Å². The van der Waals surface area contributed by atoms with E-state index in [0.29, 0.717) is 24.7 Å². The Balaban J connectivity index is 1.34. The van der Waals surface area contributed by atoms with Crippen molar-refractivity contribution >= 4 is 10.9 Å². The third kappa shape index (κ3) is 5.65. The summed E-state index contributed by atoms with van der Waals surface area (Å²) in [6.45, 7) is 0.919. The summed E-state index contributed by atoms with van der Waals surface area (Å²) >= 11 is 0. The lowest BCUT2D eigenvalue weighted by Crippen LogP contribution is -2.11. The van der Waals surface area contributed by atoms with Crippen molar-refractivity contribution in [1.82, 2.24) is 4.98 Å². The summed E-state index contributed by atoms with van der Waals surface area (Å²) in [6.07, 6.45) is 4.95. The molecule has 4 nitrogen and oxygen atoms in total. The molecule has 1 aliphatic carbocycles. The molecule has 0 saturated heterocycles. The number of benzene rings is 4. The van der Waals surface area contributed by atoms with Crippen molar-refractivity contribution in [2.45, 2.75) is 45.0 Å². The van der Waals surface area contributed by atoms with Crippen LogP contribution in [0.15, 0.2) is 109 Å². The van der Waals surface area contributed by atoms with E-state index in [0.717, 1.165) is 51.9 Å². The Kier molecular flexibility index (Phi) is 7.21. The Bertz CT molecular complexity index is 1500. The number of hydrogen-bond acceptors (Lipinski definition) is 4. The van der Waals surface area contributed by atoms with Gasteiger partial charge in [-0.2, -0.15) is 0 Å². The van der Waals surface area contributed by atoms with Gasteiger partial charge in [-0.3, -0.25) is 0 Å². The highest BCUT2D eigenvalue weighted by Gasteiger charge is 2.19. The summed E-state index contributed by atoms with van der Waals surface area (Å²) in [5.41, 5.74) is 4.95. The topological polar surface area (TPSA) is 40.6 Å². The highest BCUT2D eigenvalue weighted by Crippen LogP contribution is 2.37. The SMILES string of the molecule is c1ccc(COc2ccc(-c3cc(OC4CCCC4)c4ccccc4n3)cc2OCc2ccccc2)cc1. The molecule has 38 heavy (non-hydrogen) atoms. The standard InChI is InChI=1S/C34H31NO3/c1-3-11-25(12-4-1)23-36-32-20-19-27(21-34(32)37-24-26-13-5-2-6-14-26)31-22-33(38-28-15-7-8-16-28)29-17-9-10-18-30(29)35-31/h1-6,9-14,17-22,28H,7-8,15-16,23-24H2. The number of rotatable bonds is 9. The van der Waals surface area contributed by atoms with Crippen molar-refractivity contribution < 1.29 is 14.2 Å². The molecule has 1 fully saturated rings. The number of aromatic nitrogens is 1. The summed E-state index contributed by atoms with van der Waals surface area (Å²) < 4.78 is 19.0. The zero-order chi connectivity index (χ0) is 25.6. The third-order valence-electron chi connectivity index (χ3n) is 6.99. The van der Waals surface area contributed by atoms with Crippen molar-refractivity contribution in [3.8, 4) is 28.5 Å². The minimum absolute atomic E-state index is 0.271. The Morgan fingerprint density at radius 2 is 1.24 bits per heavy atom. The molecule has 1 aliphatic rings. The summed E-state index contributed by atoms with van der Waals surface area (Å²) in [4.78, 5) is 4.99. The van der Waals surface area contributed by atoms with Crippen molar-refractivity contribution in [2.24, 2.45) is 0 Å². The van der Waals surface area contributed by atoms with E-state index < -0.39 is 0 Å². The van der Waals surface area contributed by atoms with E-state index in [9.17, 15) is 0 Å². The molecule has 5 aromatic rings. The molecule has 0 atom stereocenters. The molecule has 4 heteroatoms. The quantitative estimate of drug-likeness (QED) is 0.203. The van der Waals surface area contributed by atoms with Crippen LogP contribution in [0.1, 0.15) is 36.8 Å². The van der Waals surface area contributed by atoms with E-state index in [1.54, 1.807) is 0 Å². The lowest BCUT2D eigenvalue weighted by Gasteiger charge is -2.17. The van der Waals surface area contributed by atoms with E-state index in [2.05, 4.69) is 36.4 Å². The number of nitrogens with zero attached hydrogens (tertiary/aromatic N) is 1. The van der Waals surface area contributed by atoms with E-state index >= 15 is 0 Å². The molecule has 4 aromatic carbocycles. The summed E-state index contributed by atoms with van der Waals surface area (Å²) in [6, 6.07) is 36.7. The zero-order valence-corrected chi connectivity index (χ0v) is 21.4. The summed E-state index contributed by atoms with van der Waals surface area (Å²) in [5, 5.41) is 1.05. The second kappa shape index (κ2) is 11.4. The van der Waals surface area contributed by atoms with Crippen LogP contribution in [-0.2, 0) is 13.2 Å². The molecule has 1 heterocycles. The first-order valence-electron chi connectivity index (χ1n) is 13.4. The van der Waals surface area contributed by atoms with Gasteiger partial charge in [0, 0.05) is 17.0 Å². The normalized spacial score (nSPS) is 13.5. The molecular formula is C34H31NO3. The first kappa shape index (κ1) is 24.1. The van der Waals surface area contributed by atoms with Crippen LogP contribution in [-0.4, -0.2) is 11.1 Å². The predicted octanol–water partition coefficient (Wildman–Crippen LogP) is 8.38. The molecule has 0 spiro atoms. The van der Waals surface area contributed by atoms with Crippen LogP contribution in [0.2, 0.25) is 0 Å². The van der Waals surface area contributed by atoms with Crippen molar-refractivity contribution in [3.05, 3.63) is 120 Å². The average molecular weight is 502 g/mol. The van der Waals surface area contributed by atoms with Gasteiger partial charge in [0.2, 0.25) is 0 Å².